The van der Waals surface area contributed by atoms with Crippen molar-refractivity contribution in [2.45, 2.75) is 6.54 Å². The number of hydrogen-bond acceptors (Lipinski definition) is 4. The molecule has 0 atom stereocenters. The van der Waals surface area contributed by atoms with E-state index in [0.717, 1.165) is 6.07 Å². The summed E-state index contributed by atoms with van der Waals surface area (Å²) in [5.74, 6) is -3.76. The molecule has 1 aromatic carbocycles. The van der Waals surface area contributed by atoms with Crippen molar-refractivity contribution in [3.8, 4) is 0 Å². The van der Waals surface area contributed by atoms with E-state index in [0.29, 0.717) is 12.1 Å². The van der Waals surface area contributed by atoms with Gasteiger partial charge in [0.1, 0.15) is 16.5 Å². The summed E-state index contributed by atoms with van der Waals surface area (Å²) in [5.41, 5.74) is -0.266. The van der Waals surface area contributed by atoms with Crippen molar-refractivity contribution in [1.82, 2.24) is 0 Å². The van der Waals surface area contributed by atoms with Gasteiger partial charge in [-0.25, -0.2) is 13.2 Å². The molecule has 0 aliphatic carbocycles. The molecule has 0 radical (unpaired) electrons. The number of nitrogens with one attached hydrogen (secondary N) is 1. The minimum Gasteiger partial charge on any atom is -0.404 e. The molecular formula is C11H7F3N2O3. The van der Waals surface area contributed by atoms with Crippen LogP contribution in [0.3, 0.4) is 0 Å². The summed E-state index contributed by atoms with van der Waals surface area (Å²) in [6.07, 6.45) is 0. The number of furan rings is 1. The predicted molar refractivity (Wildman–Crippen MR) is 59.0 cm³/mol. The van der Waals surface area contributed by atoms with E-state index in [1.807, 2.05) is 0 Å². The van der Waals surface area contributed by atoms with Crippen LogP contribution in [0.4, 0.5) is 24.7 Å². The van der Waals surface area contributed by atoms with Crippen LogP contribution in [0.5, 0.6) is 0 Å². The largest absolute Gasteiger partial charge is 0.433 e. The number of rotatable bonds is 4. The molecule has 1 aromatic heterocycles. The molecule has 0 unspecified atom stereocenters. The van der Waals surface area contributed by atoms with Gasteiger partial charge in [0.2, 0.25) is 0 Å². The first-order valence-corrected chi connectivity index (χ1v) is 5.09. The zero-order chi connectivity index (χ0) is 14.0. The summed E-state index contributed by atoms with van der Waals surface area (Å²) in [7, 11) is 0. The first-order valence-electron chi connectivity index (χ1n) is 5.09. The number of nitro groups is 1. The Morgan fingerprint density at radius 3 is 2.47 bits per heavy atom. The smallest absolute Gasteiger partial charge is 0.404 e. The molecular weight excluding hydrogens is 265 g/mol. The van der Waals surface area contributed by atoms with Crippen LogP contribution in [0.2, 0.25) is 0 Å². The summed E-state index contributed by atoms with van der Waals surface area (Å²) in [5, 5.41) is 12.8. The monoisotopic (exact) mass is 272 g/mol. The van der Waals surface area contributed by atoms with Gasteiger partial charge < -0.3 is 9.73 Å². The van der Waals surface area contributed by atoms with Crippen LogP contribution in [0, 0.1) is 27.6 Å². The van der Waals surface area contributed by atoms with E-state index in [1.54, 1.807) is 0 Å². The van der Waals surface area contributed by atoms with E-state index in [4.69, 9.17) is 4.42 Å². The molecule has 0 saturated heterocycles. The second-order valence-corrected chi connectivity index (χ2v) is 3.60. The van der Waals surface area contributed by atoms with Gasteiger partial charge in [-0.15, -0.1) is 0 Å². The second-order valence-electron chi connectivity index (χ2n) is 3.60. The summed E-state index contributed by atoms with van der Waals surface area (Å²) >= 11 is 0. The zero-order valence-corrected chi connectivity index (χ0v) is 9.32. The average Bonchev–Trinajstić information content (AvgIpc) is 2.81. The molecule has 5 nitrogen and oxygen atoms in total. The predicted octanol–water partition coefficient (Wildman–Crippen LogP) is 3.22. The van der Waals surface area contributed by atoms with E-state index in [-0.39, 0.29) is 18.0 Å². The zero-order valence-electron chi connectivity index (χ0n) is 9.32. The number of benzene rings is 1. The summed E-state index contributed by atoms with van der Waals surface area (Å²) in [4.78, 5) is 9.64. The molecule has 0 aliphatic rings. The lowest BCUT2D eigenvalue weighted by atomic mass is 10.2. The van der Waals surface area contributed by atoms with Crippen LogP contribution >= 0.6 is 0 Å². The Labute approximate surface area is 104 Å². The highest BCUT2D eigenvalue weighted by molar-refractivity contribution is 5.45. The van der Waals surface area contributed by atoms with E-state index in [1.165, 1.54) is 6.07 Å². The lowest BCUT2D eigenvalue weighted by molar-refractivity contribution is -0.402. The van der Waals surface area contributed by atoms with E-state index < -0.39 is 28.3 Å². The molecule has 0 aliphatic heterocycles. The number of nitrogens with zero attached hydrogens (tertiary/aromatic N) is 1. The third-order valence-corrected chi connectivity index (χ3v) is 2.29. The number of hydrogen-bond donors (Lipinski definition) is 1. The van der Waals surface area contributed by atoms with Gasteiger partial charge in [-0.05, 0) is 6.07 Å². The molecule has 0 amide bonds. The van der Waals surface area contributed by atoms with Crippen molar-refractivity contribution in [3.63, 3.8) is 0 Å². The lowest BCUT2D eigenvalue weighted by Crippen LogP contribution is -2.02. The molecule has 0 saturated carbocycles. The maximum Gasteiger partial charge on any atom is 0.433 e. The van der Waals surface area contributed by atoms with Crippen LogP contribution in [-0.4, -0.2) is 4.92 Å². The Balaban J connectivity index is 2.09. The van der Waals surface area contributed by atoms with Crippen molar-refractivity contribution >= 4 is 11.6 Å². The molecule has 100 valence electrons. The fourth-order valence-corrected chi connectivity index (χ4v) is 1.40. The second kappa shape index (κ2) is 5.01. The minimum absolute atomic E-state index is 0.101. The van der Waals surface area contributed by atoms with Gasteiger partial charge in [-0.2, -0.15) is 0 Å². The van der Waals surface area contributed by atoms with Crippen LogP contribution in [0.1, 0.15) is 5.76 Å². The topological polar surface area (TPSA) is 68.3 Å². The van der Waals surface area contributed by atoms with Gasteiger partial charge >= 0.3 is 5.88 Å². The molecule has 19 heavy (non-hydrogen) atoms. The molecule has 1 N–H and O–H groups in total. The molecule has 0 spiro atoms. The summed E-state index contributed by atoms with van der Waals surface area (Å²) < 4.78 is 43.6. The van der Waals surface area contributed by atoms with E-state index in [2.05, 4.69) is 5.32 Å². The van der Waals surface area contributed by atoms with Gasteiger partial charge in [0.25, 0.3) is 0 Å². The highest BCUT2D eigenvalue weighted by atomic mass is 19.2. The average molecular weight is 272 g/mol. The van der Waals surface area contributed by atoms with E-state index in [9.17, 15) is 23.3 Å². The molecule has 0 bridgehead atoms. The standard InChI is InChI=1S/C11H7F3N2O3/c12-7-3-9(14)10(4-8(7)13)15-5-6-1-2-11(19-6)16(17)18/h1-4,15H,5H2. The number of halogens is 3. The Morgan fingerprint density at radius 2 is 1.84 bits per heavy atom. The third kappa shape index (κ3) is 2.84. The highest BCUT2D eigenvalue weighted by Crippen LogP contribution is 2.21. The Kier molecular flexibility index (Phi) is 3.41. The molecule has 2 aromatic rings. The highest BCUT2D eigenvalue weighted by Gasteiger charge is 2.13. The molecule has 0 fully saturated rings. The van der Waals surface area contributed by atoms with Crippen molar-refractivity contribution < 1.29 is 22.5 Å². The van der Waals surface area contributed by atoms with Crippen LogP contribution in [-0.2, 0) is 6.54 Å². The fourth-order valence-electron chi connectivity index (χ4n) is 1.40. The molecule has 1 heterocycles. The third-order valence-electron chi connectivity index (χ3n) is 2.29. The maximum absolute atomic E-state index is 13.3. The van der Waals surface area contributed by atoms with Crippen LogP contribution in [0.15, 0.2) is 28.7 Å². The first kappa shape index (κ1) is 12.9. The molecule has 8 heteroatoms. The van der Waals surface area contributed by atoms with E-state index >= 15 is 0 Å². The van der Waals surface area contributed by atoms with Crippen molar-refractivity contribution in [3.05, 3.63) is 57.6 Å². The summed E-state index contributed by atoms with van der Waals surface area (Å²) in [6.45, 7) is -0.101. The quantitative estimate of drug-likeness (QED) is 0.527. The summed E-state index contributed by atoms with van der Waals surface area (Å²) in [6, 6.07) is 3.52. The van der Waals surface area contributed by atoms with Gasteiger partial charge in [-0.1, -0.05) is 0 Å². The first-order chi connectivity index (χ1) is 8.97. The van der Waals surface area contributed by atoms with Crippen molar-refractivity contribution in [1.29, 1.82) is 0 Å². The Hall–Kier alpha value is -2.51. The fraction of sp³-hybridized carbons (Fsp3) is 0.0909. The van der Waals surface area contributed by atoms with Gasteiger partial charge in [-0.3, -0.25) is 10.1 Å². The Morgan fingerprint density at radius 1 is 1.16 bits per heavy atom. The van der Waals surface area contributed by atoms with Crippen molar-refractivity contribution in [2.75, 3.05) is 5.32 Å². The minimum atomic E-state index is -1.29. The number of anilines is 1. The van der Waals surface area contributed by atoms with Gasteiger partial charge in [0, 0.05) is 12.1 Å². The Bertz CT molecular complexity index is 628. The van der Waals surface area contributed by atoms with Gasteiger partial charge in [0.05, 0.1) is 18.3 Å². The van der Waals surface area contributed by atoms with Crippen molar-refractivity contribution in [2.24, 2.45) is 0 Å². The SMILES string of the molecule is O=[N+]([O-])c1ccc(CNc2cc(F)c(F)cc2F)o1. The van der Waals surface area contributed by atoms with Gasteiger partial charge in [0.15, 0.2) is 11.6 Å². The van der Waals surface area contributed by atoms with Crippen LogP contribution in [0.25, 0.3) is 0 Å². The van der Waals surface area contributed by atoms with Crippen LogP contribution < -0.4 is 5.32 Å². The maximum atomic E-state index is 13.3. The lowest BCUT2D eigenvalue weighted by Gasteiger charge is -2.06. The normalized spacial score (nSPS) is 10.5. The molecule has 2 rings (SSSR count).